The van der Waals surface area contributed by atoms with E-state index in [1.807, 2.05) is 0 Å². The number of aliphatic hydroxyl groups excluding tert-OH is 1. The number of aliphatic hydroxyl groups is 1. The first-order valence-electron chi connectivity index (χ1n) is 13.0. The maximum atomic E-state index is 13.1. The first kappa shape index (κ1) is 24.1. The predicted octanol–water partition coefficient (Wildman–Crippen LogP) is 5.83. The van der Waals surface area contributed by atoms with E-state index in [0.717, 1.165) is 35.5 Å². The van der Waals surface area contributed by atoms with Gasteiger partial charge in [0.25, 0.3) is 0 Å². The number of aromatic nitrogens is 3. The monoisotopic (exact) mass is 451 g/mol. The summed E-state index contributed by atoms with van der Waals surface area (Å²) in [5, 5.41) is 18.9. The van der Waals surface area contributed by atoms with Gasteiger partial charge in [0.1, 0.15) is 17.4 Å². The Morgan fingerprint density at radius 1 is 1.18 bits per heavy atom. The van der Waals surface area contributed by atoms with Gasteiger partial charge in [-0.15, -0.1) is 10.2 Å². The Kier molecular flexibility index (Phi) is 7.68. The lowest BCUT2D eigenvalue weighted by molar-refractivity contribution is -0.118. The summed E-state index contributed by atoms with van der Waals surface area (Å²) in [5.74, 6) is 4.50. The Morgan fingerprint density at radius 3 is 2.58 bits per heavy atom. The first-order valence-corrected chi connectivity index (χ1v) is 13.0. The highest BCUT2D eigenvalue weighted by Gasteiger charge is 2.39. The quantitative estimate of drug-likeness (QED) is 0.441. The maximum Gasteiger partial charge on any atom is 0.138 e. The summed E-state index contributed by atoms with van der Waals surface area (Å²) >= 11 is 0. The van der Waals surface area contributed by atoms with E-state index in [4.69, 9.17) is 5.10 Å². The molecule has 0 aliphatic heterocycles. The average Bonchev–Trinajstić information content (AvgIpc) is 3.48. The molecule has 0 amide bonds. The van der Waals surface area contributed by atoms with Crippen LogP contribution in [-0.4, -0.2) is 32.3 Å². The van der Waals surface area contributed by atoms with Crippen LogP contribution in [0.25, 0.3) is 0 Å². The fourth-order valence-corrected chi connectivity index (χ4v) is 5.65. The number of hydrogen-bond donors (Lipinski definition) is 1. The summed E-state index contributed by atoms with van der Waals surface area (Å²) in [4.78, 5) is 13.1. The van der Waals surface area contributed by atoms with Crippen LogP contribution in [-0.2, 0) is 11.2 Å². The van der Waals surface area contributed by atoms with Crippen molar-refractivity contribution in [3.8, 4) is 0 Å². The molecule has 33 heavy (non-hydrogen) atoms. The first-order chi connectivity index (χ1) is 15.9. The zero-order chi connectivity index (χ0) is 23.5. The van der Waals surface area contributed by atoms with Crippen molar-refractivity contribution < 1.29 is 9.90 Å². The van der Waals surface area contributed by atoms with E-state index in [0.29, 0.717) is 31.2 Å². The van der Waals surface area contributed by atoms with Crippen LogP contribution in [0.1, 0.15) is 111 Å². The van der Waals surface area contributed by atoms with Crippen LogP contribution in [0.15, 0.2) is 18.2 Å². The second-order valence-electron chi connectivity index (χ2n) is 11.1. The topological polar surface area (TPSA) is 68.0 Å². The molecule has 1 aromatic carbocycles. The van der Waals surface area contributed by atoms with Crippen LogP contribution in [0.2, 0.25) is 0 Å². The van der Waals surface area contributed by atoms with Crippen molar-refractivity contribution in [3.05, 3.63) is 46.5 Å². The second kappa shape index (κ2) is 10.5. The van der Waals surface area contributed by atoms with Gasteiger partial charge in [0, 0.05) is 37.3 Å². The molecule has 5 heteroatoms. The van der Waals surface area contributed by atoms with Gasteiger partial charge in [-0.1, -0.05) is 37.6 Å². The van der Waals surface area contributed by atoms with E-state index in [1.165, 1.54) is 43.2 Å². The number of hydrogen-bond acceptors (Lipinski definition) is 4. The van der Waals surface area contributed by atoms with E-state index >= 15 is 0 Å². The molecule has 2 aromatic rings. The minimum atomic E-state index is 0.0313. The molecule has 0 saturated heterocycles. The Bertz CT molecular complexity index is 954. The smallest absolute Gasteiger partial charge is 0.138 e. The molecular formula is C28H41N3O2. The Morgan fingerprint density at radius 2 is 1.94 bits per heavy atom. The number of benzene rings is 1. The number of ketones is 1. The summed E-state index contributed by atoms with van der Waals surface area (Å²) in [5.41, 5.74) is 3.52. The molecule has 0 radical (unpaired) electrons. The summed E-state index contributed by atoms with van der Waals surface area (Å²) in [6, 6.07) is 6.81. The number of rotatable bonds is 12. The third-order valence-corrected chi connectivity index (χ3v) is 7.50. The summed E-state index contributed by atoms with van der Waals surface area (Å²) in [6.45, 7) is 8.92. The van der Waals surface area contributed by atoms with Crippen molar-refractivity contribution in [1.29, 1.82) is 0 Å². The normalized spacial score (nSPS) is 21.3. The van der Waals surface area contributed by atoms with E-state index in [1.54, 1.807) is 0 Å². The third kappa shape index (κ3) is 5.92. The maximum absolute atomic E-state index is 13.1. The largest absolute Gasteiger partial charge is 0.396 e. The van der Waals surface area contributed by atoms with Crippen molar-refractivity contribution in [3.63, 3.8) is 0 Å². The van der Waals surface area contributed by atoms with Crippen molar-refractivity contribution in [2.24, 2.45) is 11.8 Å². The lowest BCUT2D eigenvalue weighted by Gasteiger charge is -2.36. The van der Waals surface area contributed by atoms with Gasteiger partial charge in [-0.3, -0.25) is 4.79 Å². The molecule has 180 valence electrons. The summed E-state index contributed by atoms with van der Waals surface area (Å²) in [7, 11) is 0. The van der Waals surface area contributed by atoms with Crippen LogP contribution in [0.4, 0.5) is 0 Å². The SMILES string of the molecule is Cc1ccc(CC(=O)C[C@H](CCCO)c2nnc(C3CC(CC(C)C)C3)n2C2CC2)c(C)c1. The highest BCUT2D eigenvalue weighted by Crippen LogP contribution is 2.48. The molecule has 1 heterocycles. The van der Waals surface area contributed by atoms with Crippen molar-refractivity contribution in [2.75, 3.05) is 6.61 Å². The van der Waals surface area contributed by atoms with Gasteiger partial charge in [-0.25, -0.2) is 0 Å². The van der Waals surface area contributed by atoms with Gasteiger partial charge in [0.15, 0.2) is 0 Å². The van der Waals surface area contributed by atoms with Gasteiger partial charge in [0.05, 0.1) is 0 Å². The van der Waals surface area contributed by atoms with Crippen LogP contribution in [0.5, 0.6) is 0 Å². The number of aryl methyl sites for hydroxylation is 2. The lowest BCUT2D eigenvalue weighted by Crippen LogP contribution is -2.26. The van der Waals surface area contributed by atoms with E-state index < -0.39 is 0 Å². The van der Waals surface area contributed by atoms with Crippen LogP contribution in [0.3, 0.4) is 0 Å². The molecule has 0 bridgehead atoms. The van der Waals surface area contributed by atoms with Crippen LogP contribution in [0, 0.1) is 25.7 Å². The Balaban J connectivity index is 1.50. The lowest BCUT2D eigenvalue weighted by atomic mass is 9.71. The van der Waals surface area contributed by atoms with Gasteiger partial charge in [-0.05, 0) is 81.8 Å². The van der Waals surface area contributed by atoms with Gasteiger partial charge in [-0.2, -0.15) is 0 Å². The zero-order valence-corrected chi connectivity index (χ0v) is 20.9. The average molecular weight is 452 g/mol. The molecule has 0 spiro atoms. The fourth-order valence-electron chi connectivity index (χ4n) is 5.65. The number of nitrogens with zero attached hydrogens (tertiary/aromatic N) is 3. The molecule has 1 N–H and O–H groups in total. The minimum Gasteiger partial charge on any atom is -0.396 e. The van der Waals surface area contributed by atoms with Gasteiger partial charge in [0.2, 0.25) is 0 Å². The van der Waals surface area contributed by atoms with Crippen molar-refractivity contribution in [2.45, 2.75) is 103 Å². The number of Topliss-reactive ketones (excluding diaryl/α,β-unsaturated/α-hetero) is 1. The van der Waals surface area contributed by atoms with E-state index in [-0.39, 0.29) is 18.3 Å². The van der Waals surface area contributed by atoms with Gasteiger partial charge >= 0.3 is 0 Å². The molecule has 2 fully saturated rings. The summed E-state index contributed by atoms with van der Waals surface area (Å²) < 4.78 is 2.41. The van der Waals surface area contributed by atoms with Crippen LogP contribution < -0.4 is 0 Å². The number of carbonyl (C=O) groups excluding carboxylic acids is 1. The minimum absolute atomic E-state index is 0.0313. The highest BCUT2D eigenvalue weighted by atomic mass is 16.2. The Labute approximate surface area is 199 Å². The molecule has 5 nitrogen and oxygen atoms in total. The summed E-state index contributed by atoms with van der Waals surface area (Å²) in [6.07, 6.45) is 8.51. The Hall–Kier alpha value is -2.01. The molecular weight excluding hydrogens is 410 g/mol. The van der Waals surface area contributed by atoms with E-state index in [9.17, 15) is 9.90 Å². The third-order valence-electron chi connectivity index (χ3n) is 7.50. The predicted molar refractivity (Wildman–Crippen MR) is 132 cm³/mol. The van der Waals surface area contributed by atoms with Gasteiger partial charge < -0.3 is 9.67 Å². The van der Waals surface area contributed by atoms with Crippen molar-refractivity contribution >= 4 is 5.78 Å². The highest BCUT2D eigenvalue weighted by molar-refractivity contribution is 5.82. The molecule has 1 atom stereocenters. The second-order valence-corrected chi connectivity index (χ2v) is 11.1. The molecule has 1 aromatic heterocycles. The fraction of sp³-hybridized carbons (Fsp3) is 0.679. The number of carbonyl (C=O) groups is 1. The van der Waals surface area contributed by atoms with E-state index in [2.05, 4.69) is 55.6 Å². The van der Waals surface area contributed by atoms with Crippen LogP contribution >= 0.6 is 0 Å². The van der Waals surface area contributed by atoms with Crippen molar-refractivity contribution in [1.82, 2.24) is 14.8 Å². The standard InChI is InChI=1S/C28H41N3O2/c1-18(2)12-21-14-24(15-21)28-30-29-27(31(28)25-9-10-25)23(6-5-11-32)17-26(33)16-22-8-7-19(3)13-20(22)4/h7-8,13,18,21,23-25,32H,5-6,9-12,14-17H2,1-4H3/t21?,23-,24?/m0/s1. The molecule has 2 aliphatic rings. The zero-order valence-electron chi connectivity index (χ0n) is 20.9. The molecule has 2 saturated carbocycles. The molecule has 2 aliphatic carbocycles. The molecule has 0 unspecified atom stereocenters. The molecule has 4 rings (SSSR count).